The predicted octanol–water partition coefficient (Wildman–Crippen LogP) is 3.14. The molecule has 2 aromatic carbocycles. The molecule has 0 radical (unpaired) electrons. The second kappa shape index (κ2) is 7.85. The van der Waals surface area contributed by atoms with E-state index in [4.69, 9.17) is 9.47 Å². The van der Waals surface area contributed by atoms with E-state index in [9.17, 15) is 14.9 Å². The van der Waals surface area contributed by atoms with Gasteiger partial charge in [0.05, 0.1) is 11.5 Å². The van der Waals surface area contributed by atoms with Crippen molar-refractivity contribution in [2.45, 2.75) is 18.9 Å². The van der Waals surface area contributed by atoms with Crippen LogP contribution in [-0.4, -0.2) is 42.0 Å². The Labute approximate surface area is 162 Å². The molecule has 2 heterocycles. The van der Waals surface area contributed by atoms with E-state index in [1.54, 1.807) is 12.1 Å². The van der Waals surface area contributed by atoms with E-state index < -0.39 is 4.92 Å². The second-order valence-corrected chi connectivity index (χ2v) is 6.89. The van der Waals surface area contributed by atoms with Gasteiger partial charge in [-0.3, -0.25) is 19.8 Å². The summed E-state index contributed by atoms with van der Waals surface area (Å²) in [4.78, 5) is 25.0. The number of nitro groups is 1. The Balaban J connectivity index is 1.43. The van der Waals surface area contributed by atoms with Crippen molar-refractivity contribution in [2.24, 2.45) is 0 Å². The maximum atomic E-state index is 12.5. The van der Waals surface area contributed by atoms with Gasteiger partial charge in [-0.15, -0.1) is 0 Å². The molecule has 1 fully saturated rings. The van der Waals surface area contributed by atoms with Crippen molar-refractivity contribution in [1.82, 2.24) is 4.90 Å². The van der Waals surface area contributed by atoms with Gasteiger partial charge in [0.15, 0.2) is 11.5 Å². The van der Waals surface area contributed by atoms with Gasteiger partial charge in [-0.2, -0.15) is 0 Å². The largest absolute Gasteiger partial charge is 0.486 e. The van der Waals surface area contributed by atoms with E-state index in [1.165, 1.54) is 12.1 Å². The molecular weight excluding hydrogens is 362 g/mol. The number of fused-ring (bicyclic) bond motifs is 1. The summed E-state index contributed by atoms with van der Waals surface area (Å²) in [5, 5.41) is 13.6. The van der Waals surface area contributed by atoms with Crippen LogP contribution >= 0.6 is 0 Å². The normalized spacial score (nSPS) is 18.6. The zero-order valence-electron chi connectivity index (χ0n) is 15.3. The van der Waals surface area contributed by atoms with Crippen LogP contribution in [0.15, 0.2) is 42.5 Å². The summed E-state index contributed by atoms with van der Waals surface area (Å²) in [5.41, 5.74) is 1.48. The van der Waals surface area contributed by atoms with Gasteiger partial charge in [0.25, 0.3) is 5.69 Å². The first-order valence-corrected chi connectivity index (χ1v) is 9.28. The number of nitrogens with one attached hydrogen (secondary N) is 1. The first kappa shape index (κ1) is 18.2. The number of carbonyl (C=O) groups excluding carboxylic acids is 1. The monoisotopic (exact) mass is 383 g/mol. The van der Waals surface area contributed by atoms with Gasteiger partial charge in [0.1, 0.15) is 13.2 Å². The number of amides is 1. The van der Waals surface area contributed by atoms with Gasteiger partial charge < -0.3 is 14.8 Å². The highest BCUT2D eigenvalue weighted by Crippen LogP contribution is 2.37. The number of hydrogen-bond acceptors (Lipinski definition) is 6. The first-order chi connectivity index (χ1) is 13.6. The number of likely N-dealkylation sites (tertiary alicyclic amines) is 1. The maximum absolute atomic E-state index is 12.5. The molecule has 2 aliphatic rings. The van der Waals surface area contributed by atoms with Crippen molar-refractivity contribution in [2.75, 3.05) is 31.6 Å². The van der Waals surface area contributed by atoms with Crippen LogP contribution in [0, 0.1) is 10.1 Å². The zero-order chi connectivity index (χ0) is 19.5. The molecule has 28 heavy (non-hydrogen) atoms. The molecule has 0 aliphatic carbocycles. The third kappa shape index (κ3) is 3.91. The zero-order valence-corrected chi connectivity index (χ0v) is 15.3. The van der Waals surface area contributed by atoms with Crippen LogP contribution in [0.5, 0.6) is 11.5 Å². The quantitative estimate of drug-likeness (QED) is 0.630. The van der Waals surface area contributed by atoms with Crippen LogP contribution < -0.4 is 14.8 Å². The van der Waals surface area contributed by atoms with E-state index in [-0.39, 0.29) is 24.2 Å². The lowest BCUT2D eigenvalue weighted by molar-refractivity contribution is -0.384. The molecule has 0 bridgehead atoms. The Morgan fingerprint density at radius 2 is 2.00 bits per heavy atom. The summed E-state index contributed by atoms with van der Waals surface area (Å²) >= 11 is 0. The van der Waals surface area contributed by atoms with Crippen LogP contribution in [0.4, 0.5) is 11.4 Å². The Kier molecular flexibility index (Phi) is 5.12. The van der Waals surface area contributed by atoms with E-state index in [1.807, 2.05) is 18.2 Å². The highest BCUT2D eigenvalue weighted by molar-refractivity contribution is 5.92. The molecule has 146 valence electrons. The van der Waals surface area contributed by atoms with Gasteiger partial charge >= 0.3 is 0 Å². The van der Waals surface area contributed by atoms with Crippen molar-refractivity contribution in [3.05, 3.63) is 58.1 Å². The molecular formula is C20H21N3O5. The first-order valence-electron chi connectivity index (χ1n) is 9.28. The van der Waals surface area contributed by atoms with E-state index in [2.05, 4.69) is 10.2 Å². The van der Waals surface area contributed by atoms with Crippen molar-refractivity contribution in [3.8, 4) is 11.5 Å². The van der Waals surface area contributed by atoms with E-state index in [0.717, 1.165) is 36.4 Å². The van der Waals surface area contributed by atoms with Gasteiger partial charge in [-0.05, 0) is 43.1 Å². The lowest BCUT2D eigenvalue weighted by atomic mass is 10.0. The molecule has 1 amide bonds. The summed E-state index contributed by atoms with van der Waals surface area (Å²) in [6, 6.07) is 12.0. The number of ether oxygens (including phenoxy) is 2. The van der Waals surface area contributed by atoms with Crippen molar-refractivity contribution < 1.29 is 19.2 Å². The third-order valence-corrected chi connectivity index (χ3v) is 5.00. The maximum Gasteiger partial charge on any atom is 0.271 e. The molecule has 2 aliphatic heterocycles. The highest BCUT2D eigenvalue weighted by Gasteiger charge is 2.28. The fourth-order valence-corrected chi connectivity index (χ4v) is 3.74. The molecule has 8 heteroatoms. The topological polar surface area (TPSA) is 93.9 Å². The molecule has 8 nitrogen and oxygen atoms in total. The minimum Gasteiger partial charge on any atom is -0.486 e. The fraction of sp³-hybridized carbons (Fsp3) is 0.350. The van der Waals surface area contributed by atoms with Crippen molar-refractivity contribution in [3.63, 3.8) is 0 Å². The number of hydrogen-bond donors (Lipinski definition) is 1. The van der Waals surface area contributed by atoms with Crippen molar-refractivity contribution in [1.29, 1.82) is 0 Å². The molecule has 4 rings (SSSR count). The summed E-state index contributed by atoms with van der Waals surface area (Å²) in [6.45, 7) is 2.14. The number of carbonyl (C=O) groups is 1. The van der Waals surface area contributed by atoms with Gasteiger partial charge in [0, 0.05) is 23.9 Å². The van der Waals surface area contributed by atoms with Crippen LogP contribution in [-0.2, 0) is 4.79 Å². The SMILES string of the molecule is O=C(CN1CCC[C@H]1c1ccc2c(c1)OCCO2)Nc1cccc([N+](=O)[O-])c1. The number of rotatable bonds is 5. The Hall–Kier alpha value is -3.13. The second-order valence-electron chi connectivity index (χ2n) is 6.89. The Bertz CT molecular complexity index is 901. The average molecular weight is 383 g/mol. The fourth-order valence-electron chi connectivity index (χ4n) is 3.74. The third-order valence-electron chi connectivity index (χ3n) is 5.00. The van der Waals surface area contributed by atoms with Gasteiger partial charge in [-0.25, -0.2) is 0 Å². The van der Waals surface area contributed by atoms with E-state index in [0.29, 0.717) is 18.9 Å². The molecule has 0 spiro atoms. The molecule has 0 unspecified atom stereocenters. The number of anilines is 1. The van der Waals surface area contributed by atoms with Gasteiger partial charge in [-0.1, -0.05) is 12.1 Å². The number of nitro benzene ring substituents is 1. The number of benzene rings is 2. The van der Waals surface area contributed by atoms with E-state index >= 15 is 0 Å². The standard InChI is InChI=1S/C20H21N3O5/c24-20(21-15-3-1-4-16(12-15)23(25)26)13-22-8-2-5-17(22)14-6-7-18-19(11-14)28-10-9-27-18/h1,3-4,6-7,11-12,17H,2,5,8-10,13H2,(H,21,24)/t17-/m0/s1. The lowest BCUT2D eigenvalue weighted by Crippen LogP contribution is -2.33. The van der Waals surface area contributed by atoms with Crippen LogP contribution in [0.2, 0.25) is 0 Å². The molecule has 1 N–H and O–H groups in total. The summed E-state index contributed by atoms with van der Waals surface area (Å²) < 4.78 is 11.2. The molecule has 1 saturated heterocycles. The minimum absolute atomic E-state index is 0.0480. The summed E-state index contributed by atoms with van der Waals surface area (Å²) in [7, 11) is 0. The Morgan fingerprint density at radius 1 is 1.18 bits per heavy atom. The molecule has 0 saturated carbocycles. The molecule has 1 atom stereocenters. The summed E-state index contributed by atoms with van der Waals surface area (Å²) in [6.07, 6.45) is 1.97. The summed E-state index contributed by atoms with van der Waals surface area (Å²) in [5.74, 6) is 1.31. The van der Waals surface area contributed by atoms with Crippen LogP contribution in [0.1, 0.15) is 24.4 Å². The predicted molar refractivity (Wildman–Crippen MR) is 103 cm³/mol. The molecule has 2 aromatic rings. The Morgan fingerprint density at radius 3 is 2.82 bits per heavy atom. The number of nitrogens with zero attached hydrogens (tertiary/aromatic N) is 2. The highest BCUT2D eigenvalue weighted by atomic mass is 16.6. The molecule has 0 aromatic heterocycles. The van der Waals surface area contributed by atoms with Crippen LogP contribution in [0.3, 0.4) is 0 Å². The van der Waals surface area contributed by atoms with Crippen LogP contribution in [0.25, 0.3) is 0 Å². The van der Waals surface area contributed by atoms with Gasteiger partial charge in [0.2, 0.25) is 5.91 Å². The number of non-ortho nitro benzene ring substituents is 1. The lowest BCUT2D eigenvalue weighted by Gasteiger charge is -2.26. The van der Waals surface area contributed by atoms with Crippen molar-refractivity contribution >= 4 is 17.3 Å². The minimum atomic E-state index is -0.478. The smallest absolute Gasteiger partial charge is 0.271 e. The average Bonchev–Trinajstić information content (AvgIpc) is 3.15.